The maximum atomic E-state index is 10.4. The predicted octanol–water partition coefficient (Wildman–Crippen LogP) is 3.97. The van der Waals surface area contributed by atoms with Crippen molar-refractivity contribution in [2.45, 2.75) is 47.5 Å². The Kier molecular flexibility index (Phi) is 7.07. The summed E-state index contributed by atoms with van der Waals surface area (Å²) in [6, 6.07) is 6.18. The molecule has 5 nitrogen and oxygen atoms in total. The molecule has 0 heterocycles. The summed E-state index contributed by atoms with van der Waals surface area (Å²) in [4.78, 5) is 15.2. The van der Waals surface area contributed by atoms with Crippen LogP contribution in [-0.2, 0) is 9.63 Å². The van der Waals surface area contributed by atoms with Gasteiger partial charge in [0.2, 0.25) is 6.61 Å². The van der Waals surface area contributed by atoms with Crippen LogP contribution in [0.2, 0.25) is 0 Å². The van der Waals surface area contributed by atoms with E-state index in [-0.39, 0.29) is 5.41 Å². The lowest BCUT2D eigenvalue weighted by atomic mass is 9.83. The molecular formula is C18H27NO4. The van der Waals surface area contributed by atoms with Crippen LogP contribution >= 0.6 is 0 Å². The van der Waals surface area contributed by atoms with Gasteiger partial charge in [0.15, 0.2) is 0 Å². The van der Waals surface area contributed by atoms with Crippen LogP contribution in [0.15, 0.2) is 23.4 Å². The number of oxime groups is 1. The van der Waals surface area contributed by atoms with E-state index >= 15 is 0 Å². The highest BCUT2D eigenvalue weighted by molar-refractivity contribution is 5.86. The second-order valence-electron chi connectivity index (χ2n) is 6.45. The number of nitrogens with zero attached hydrogens (tertiary/aromatic N) is 1. The van der Waals surface area contributed by atoms with E-state index in [9.17, 15) is 4.79 Å². The molecular weight excluding hydrogens is 294 g/mol. The first-order chi connectivity index (χ1) is 10.7. The molecule has 0 spiro atoms. The zero-order valence-corrected chi connectivity index (χ0v) is 14.7. The van der Waals surface area contributed by atoms with Gasteiger partial charge in [0.25, 0.3) is 0 Å². The van der Waals surface area contributed by atoms with Gasteiger partial charge in [-0.05, 0) is 50.8 Å². The van der Waals surface area contributed by atoms with E-state index in [0.717, 1.165) is 29.9 Å². The first-order valence-corrected chi connectivity index (χ1v) is 7.81. The Labute approximate surface area is 138 Å². The van der Waals surface area contributed by atoms with Crippen molar-refractivity contribution in [3.63, 3.8) is 0 Å². The number of carboxylic acid groups (broad SMARTS) is 1. The lowest BCUT2D eigenvalue weighted by Gasteiger charge is -2.24. The van der Waals surface area contributed by atoms with Gasteiger partial charge in [0.05, 0.1) is 12.3 Å². The molecule has 0 aliphatic rings. The van der Waals surface area contributed by atoms with Gasteiger partial charge in [-0.1, -0.05) is 31.1 Å². The molecule has 0 aromatic heterocycles. The van der Waals surface area contributed by atoms with Crippen molar-refractivity contribution < 1.29 is 19.5 Å². The van der Waals surface area contributed by atoms with Crippen molar-refractivity contribution in [1.82, 2.24) is 0 Å². The first kappa shape index (κ1) is 19.0. The molecule has 5 heteroatoms. The van der Waals surface area contributed by atoms with E-state index in [2.05, 4.69) is 31.1 Å². The second-order valence-corrected chi connectivity index (χ2v) is 6.45. The van der Waals surface area contributed by atoms with E-state index in [4.69, 9.17) is 14.7 Å². The van der Waals surface area contributed by atoms with Crippen molar-refractivity contribution in [1.29, 1.82) is 0 Å². The van der Waals surface area contributed by atoms with E-state index in [1.807, 2.05) is 26.8 Å². The molecule has 0 bridgehead atoms. The van der Waals surface area contributed by atoms with Crippen LogP contribution in [-0.4, -0.2) is 30.0 Å². The van der Waals surface area contributed by atoms with E-state index < -0.39 is 12.6 Å². The van der Waals surface area contributed by atoms with Gasteiger partial charge in [0.1, 0.15) is 5.75 Å². The third kappa shape index (κ3) is 6.72. The average Bonchev–Trinajstić information content (AvgIpc) is 2.46. The Morgan fingerprint density at radius 3 is 2.65 bits per heavy atom. The normalized spacial score (nSPS) is 12.1. The summed E-state index contributed by atoms with van der Waals surface area (Å²) < 4.78 is 5.86. The Morgan fingerprint density at radius 1 is 1.30 bits per heavy atom. The van der Waals surface area contributed by atoms with Gasteiger partial charge in [-0.15, -0.1) is 0 Å². The molecule has 1 rings (SSSR count). The van der Waals surface area contributed by atoms with Crippen molar-refractivity contribution >= 4 is 11.7 Å². The summed E-state index contributed by atoms with van der Waals surface area (Å²) in [7, 11) is 0. The van der Waals surface area contributed by atoms with Gasteiger partial charge in [-0.3, -0.25) is 0 Å². The summed E-state index contributed by atoms with van der Waals surface area (Å²) in [6.45, 7) is 10.3. The summed E-state index contributed by atoms with van der Waals surface area (Å²) >= 11 is 0. The molecule has 1 N–H and O–H groups in total. The Hall–Kier alpha value is -2.04. The van der Waals surface area contributed by atoms with Crippen LogP contribution < -0.4 is 4.74 Å². The largest absolute Gasteiger partial charge is 0.493 e. The zero-order chi connectivity index (χ0) is 17.5. The monoisotopic (exact) mass is 321 g/mol. The topological polar surface area (TPSA) is 68.1 Å². The van der Waals surface area contributed by atoms with Crippen LogP contribution in [0, 0.1) is 19.3 Å². The number of carbonyl (C=O) groups is 1. The summed E-state index contributed by atoms with van der Waals surface area (Å²) in [5, 5.41) is 12.4. The van der Waals surface area contributed by atoms with Crippen molar-refractivity contribution in [2.75, 3.05) is 13.2 Å². The standard InChI is InChI=1S/C18H27NO4/c1-13-7-8-14(2)16(11-13)22-10-6-9-18(4,5)15(3)19-23-12-17(20)21/h7-8,11H,6,9-10,12H2,1-5H3,(H,20,21). The Balaban J connectivity index is 2.43. The molecule has 0 saturated carbocycles. The summed E-state index contributed by atoms with van der Waals surface area (Å²) in [5.41, 5.74) is 2.94. The van der Waals surface area contributed by atoms with E-state index in [0.29, 0.717) is 6.61 Å². The smallest absolute Gasteiger partial charge is 0.344 e. The van der Waals surface area contributed by atoms with Crippen LogP contribution in [0.5, 0.6) is 5.75 Å². The summed E-state index contributed by atoms with van der Waals surface area (Å²) in [6.07, 6.45) is 1.76. The molecule has 0 fully saturated rings. The fourth-order valence-electron chi connectivity index (χ4n) is 2.05. The highest BCUT2D eigenvalue weighted by Crippen LogP contribution is 2.25. The minimum absolute atomic E-state index is 0.163. The van der Waals surface area contributed by atoms with Crippen LogP contribution in [0.4, 0.5) is 0 Å². The van der Waals surface area contributed by atoms with E-state index in [1.54, 1.807) is 0 Å². The second kappa shape index (κ2) is 8.56. The highest BCUT2D eigenvalue weighted by Gasteiger charge is 2.22. The molecule has 1 aromatic carbocycles. The Bertz CT molecular complexity index is 564. The number of hydrogen-bond donors (Lipinski definition) is 1. The number of aliphatic carboxylic acids is 1. The van der Waals surface area contributed by atoms with Crippen LogP contribution in [0.1, 0.15) is 44.7 Å². The molecule has 0 amide bonds. The average molecular weight is 321 g/mol. The molecule has 128 valence electrons. The number of rotatable bonds is 9. The van der Waals surface area contributed by atoms with Gasteiger partial charge >= 0.3 is 5.97 Å². The lowest BCUT2D eigenvalue weighted by Crippen LogP contribution is -2.23. The zero-order valence-electron chi connectivity index (χ0n) is 14.7. The van der Waals surface area contributed by atoms with Crippen molar-refractivity contribution in [3.05, 3.63) is 29.3 Å². The number of ether oxygens (including phenoxy) is 1. The molecule has 1 aromatic rings. The number of carboxylic acids is 1. The molecule has 0 atom stereocenters. The lowest BCUT2D eigenvalue weighted by molar-refractivity contribution is -0.142. The molecule has 0 aliphatic carbocycles. The number of benzene rings is 1. The van der Waals surface area contributed by atoms with Gasteiger partial charge in [0, 0.05) is 5.41 Å². The Morgan fingerprint density at radius 2 is 2.00 bits per heavy atom. The van der Waals surface area contributed by atoms with Crippen molar-refractivity contribution in [3.8, 4) is 5.75 Å². The maximum Gasteiger partial charge on any atom is 0.344 e. The number of aryl methyl sites for hydroxylation is 2. The summed E-state index contributed by atoms with van der Waals surface area (Å²) in [5.74, 6) is -0.0979. The minimum Gasteiger partial charge on any atom is -0.493 e. The van der Waals surface area contributed by atoms with Crippen LogP contribution in [0.25, 0.3) is 0 Å². The van der Waals surface area contributed by atoms with Gasteiger partial charge < -0.3 is 14.7 Å². The SMILES string of the molecule is CC(=NOCC(=O)O)C(C)(C)CCCOc1cc(C)ccc1C. The van der Waals surface area contributed by atoms with Gasteiger partial charge in [-0.2, -0.15) is 0 Å². The predicted molar refractivity (Wildman–Crippen MR) is 91.1 cm³/mol. The fraction of sp³-hybridized carbons (Fsp3) is 0.556. The molecule has 23 heavy (non-hydrogen) atoms. The quantitative estimate of drug-likeness (QED) is 0.424. The highest BCUT2D eigenvalue weighted by atomic mass is 16.6. The van der Waals surface area contributed by atoms with Gasteiger partial charge in [-0.25, -0.2) is 4.79 Å². The fourth-order valence-corrected chi connectivity index (χ4v) is 2.05. The molecule has 0 unspecified atom stereocenters. The number of hydrogen-bond acceptors (Lipinski definition) is 4. The van der Waals surface area contributed by atoms with Crippen molar-refractivity contribution in [2.24, 2.45) is 10.6 Å². The maximum absolute atomic E-state index is 10.4. The van der Waals surface area contributed by atoms with Crippen LogP contribution in [0.3, 0.4) is 0 Å². The third-order valence-electron chi connectivity index (χ3n) is 3.92. The molecule has 0 aliphatic heterocycles. The molecule has 0 radical (unpaired) electrons. The molecule has 0 saturated heterocycles. The van der Waals surface area contributed by atoms with E-state index in [1.165, 1.54) is 5.56 Å². The third-order valence-corrected chi connectivity index (χ3v) is 3.92. The first-order valence-electron chi connectivity index (χ1n) is 7.81. The minimum atomic E-state index is -1.03.